The Bertz CT molecular complexity index is 386. The summed E-state index contributed by atoms with van der Waals surface area (Å²) < 4.78 is 0. The molecule has 1 amide bonds. The summed E-state index contributed by atoms with van der Waals surface area (Å²) in [5, 5.41) is 0. The van der Waals surface area contributed by atoms with E-state index in [1.807, 2.05) is 38.7 Å². The van der Waals surface area contributed by atoms with Gasteiger partial charge in [-0.2, -0.15) is 0 Å². The highest BCUT2D eigenvalue weighted by molar-refractivity contribution is 5.96. The van der Waals surface area contributed by atoms with E-state index in [2.05, 4.69) is 0 Å². The number of carbonyl (C=O) groups excluding carboxylic acids is 1. The molecular weight excluding hydrogens is 200 g/mol. The van der Waals surface area contributed by atoms with Crippen LogP contribution in [0.3, 0.4) is 0 Å². The highest BCUT2D eigenvalue weighted by atomic mass is 16.2. The number of nitrogens with two attached hydrogens (primary N) is 1. The van der Waals surface area contributed by atoms with E-state index in [4.69, 9.17) is 5.73 Å². The van der Waals surface area contributed by atoms with Crippen LogP contribution in [-0.4, -0.2) is 23.4 Å². The summed E-state index contributed by atoms with van der Waals surface area (Å²) in [5.41, 5.74) is 8.04. The molecule has 0 spiro atoms. The maximum absolute atomic E-state index is 12.2. The van der Waals surface area contributed by atoms with Gasteiger partial charge in [-0.15, -0.1) is 0 Å². The summed E-state index contributed by atoms with van der Waals surface area (Å²) in [7, 11) is 0. The molecular formula is C13H20N2O. The van der Waals surface area contributed by atoms with Gasteiger partial charge in [0, 0.05) is 23.8 Å². The van der Waals surface area contributed by atoms with Gasteiger partial charge in [0.05, 0.1) is 0 Å². The molecule has 0 radical (unpaired) electrons. The summed E-state index contributed by atoms with van der Waals surface area (Å²) in [5.74, 6) is 0.0787. The quantitative estimate of drug-likeness (QED) is 0.795. The first kappa shape index (κ1) is 12.6. The number of carbonyl (C=O) groups is 1. The molecule has 88 valence electrons. The number of hydrogen-bond acceptors (Lipinski definition) is 2. The average Bonchev–Trinajstić information content (AvgIpc) is 2.17. The van der Waals surface area contributed by atoms with Gasteiger partial charge >= 0.3 is 0 Å². The monoisotopic (exact) mass is 220 g/mol. The van der Waals surface area contributed by atoms with Crippen molar-refractivity contribution in [2.75, 3.05) is 12.3 Å². The third kappa shape index (κ3) is 2.54. The number of nitrogens with zero attached hydrogens (tertiary/aromatic N) is 1. The molecule has 1 aromatic carbocycles. The molecule has 0 aliphatic rings. The first-order valence-electron chi connectivity index (χ1n) is 5.64. The van der Waals surface area contributed by atoms with E-state index >= 15 is 0 Å². The van der Waals surface area contributed by atoms with Gasteiger partial charge in [-0.1, -0.05) is 0 Å². The zero-order chi connectivity index (χ0) is 12.3. The Labute approximate surface area is 97.2 Å². The third-order valence-electron chi connectivity index (χ3n) is 2.71. The van der Waals surface area contributed by atoms with Gasteiger partial charge in [0.15, 0.2) is 0 Å². The minimum absolute atomic E-state index is 0.0787. The summed E-state index contributed by atoms with van der Waals surface area (Å²) >= 11 is 0. The minimum atomic E-state index is 0.0787. The normalized spacial score (nSPS) is 10.6. The van der Waals surface area contributed by atoms with Crippen molar-refractivity contribution in [3.05, 3.63) is 29.3 Å². The predicted octanol–water partition coefficient (Wildman–Crippen LogP) is 2.45. The number of rotatable bonds is 3. The van der Waals surface area contributed by atoms with Crippen LogP contribution in [0, 0.1) is 6.92 Å². The molecule has 16 heavy (non-hydrogen) atoms. The molecule has 0 unspecified atom stereocenters. The molecule has 3 nitrogen and oxygen atoms in total. The first-order chi connectivity index (χ1) is 7.47. The van der Waals surface area contributed by atoms with Crippen molar-refractivity contribution in [2.24, 2.45) is 0 Å². The van der Waals surface area contributed by atoms with Crippen LogP contribution in [-0.2, 0) is 0 Å². The number of anilines is 1. The van der Waals surface area contributed by atoms with Crippen molar-refractivity contribution in [1.82, 2.24) is 4.90 Å². The fourth-order valence-electron chi connectivity index (χ4n) is 1.82. The van der Waals surface area contributed by atoms with Crippen molar-refractivity contribution in [3.63, 3.8) is 0 Å². The topological polar surface area (TPSA) is 46.3 Å². The second-order valence-corrected chi connectivity index (χ2v) is 4.26. The molecule has 0 aliphatic carbocycles. The van der Waals surface area contributed by atoms with Crippen LogP contribution in [0.1, 0.15) is 36.7 Å². The molecule has 2 N–H and O–H groups in total. The molecule has 1 aromatic rings. The van der Waals surface area contributed by atoms with Crippen LogP contribution in [0.15, 0.2) is 18.2 Å². The molecule has 0 aromatic heterocycles. The van der Waals surface area contributed by atoms with Gasteiger partial charge in [0.1, 0.15) is 0 Å². The number of nitrogen functional groups attached to an aromatic ring is 1. The Morgan fingerprint density at radius 2 is 2.06 bits per heavy atom. The van der Waals surface area contributed by atoms with E-state index in [1.54, 1.807) is 12.1 Å². The largest absolute Gasteiger partial charge is 0.399 e. The Hall–Kier alpha value is -1.51. The van der Waals surface area contributed by atoms with Crippen molar-refractivity contribution >= 4 is 11.6 Å². The maximum Gasteiger partial charge on any atom is 0.254 e. The second-order valence-electron chi connectivity index (χ2n) is 4.26. The molecule has 3 heteroatoms. The lowest BCUT2D eigenvalue weighted by molar-refractivity contribution is 0.0716. The first-order valence-corrected chi connectivity index (χ1v) is 5.64. The Morgan fingerprint density at radius 3 is 2.50 bits per heavy atom. The van der Waals surface area contributed by atoms with Gasteiger partial charge in [-0.25, -0.2) is 0 Å². The zero-order valence-electron chi connectivity index (χ0n) is 10.4. The van der Waals surface area contributed by atoms with Crippen LogP contribution in [0.4, 0.5) is 5.69 Å². The van der Waals surface area contributed by atoms with Gasteiger partial charge in [0.25, 0.3) is 5.91 Å². The molecule has 0 heterocycles. The van der Waals surface area contributed by atoms with Crippen molar-refractivity contribution in [1.29, 1.82) is 0 Å². The fraction of sp³-hybridized carbons (Fsp3) is 0.462. The molecule has 0 aliphatic heterocycles. The van der Waals surface area contributed by atoms with E-state index in [0.29, 0.717) is 5.69 Å². The maximum atomic E-state index is 12.2. The lowest BCUT2D eigenvalue weighted by Gasteiger charge is -2.25. The van der Waals surface area contributed by atoms with Crippen LogP contribution >= 0.6 is 0 Å². The fourth-order valence-corrected chi connectivity index (χ4v) is 1.82. The molecule has 0 saturated heterocycles. The van der Waals surface area contributed by atoms with Crippen molar-refractivity contribution in [2.45, 2.75) is 33.7 Å². The smallest absolute Gasteiger partial charge is 0.254 e. The average molecular weight is 220 g/mol. The third-order valence-corrected chi connectivity index (χ3v) is 2.71. The predicted molar refractivity (Wildman–Crippen MR) is 67.4 cm³/mol. The number of aryl methyl sites for hydroxylation is 1. The van der Waals surface area contributed by atoms with Crippen molar-refractivity contribution in [3.8, 4) is 0 Å². The van der Waals surface area contributed by atoms with Gasteiger partial charge < -0.3 is 10.6 Å². The second kappa shape index (κ2) is 5.01. The lowest BCUT2D eigenvalue weighted by atomic mass is 10.1. The highest BCUT2D eigenvalue weighted by Gasteiger charge is 2.18. The van der Waals surface area contributed by atoms with E-state index in [9.17, 15) is 4.79 Å². The van der Waals surface area contributed by atoms with E-state index in [0.717, 1.165) is 17.7 Å². The van der Waals surface area contributed by atoms with Crippen molar-refractivity contribution < 1.29 is 4.79 Å². The minimum Gasteiger partial charge on any atom is -0.399 e. The number of hydrogen-bond donors (Lipinski definition) is 1. The Kier molecular flexibility index (Phi) is 3.93. The SMILES string of the molecule is CCN(C(=O)c1ccc(N)cc1C)C(C)C. The lowest BCUT2D eigenvalue weighted by Crippen LogP contribution is -2.37. The van der Waals surface area contributed by atoms with Crippen LogP contribution < -0.4 is 5.73 Å². The Balaban J connectivity index is 3.04. The summed E-state index contributed by atoms with van der Waals surface area (Å²) in [6.45, 7) is 8.67. The molecule has 0 fully saturated rings. The van der Waals surface area contributed by atoms with Crippen LogP contribution in [0.5, 0.6) is 0 Å². The molecule has 0 bridgehead atoms. The Morgan fingerprint density at radius 1 is 1.44 bits per heavy atom. The van der Waals surface area contributed by atoms with E-state index in [1.165, 1.54) is 0 Å². The molecule has 0 atom stereocenters. The summed E-state index contributed by atoms with van der Waals surface area (Å²) in [6.07, 6.45) is 0. The highest BCUT2D eigenvalue weighted by Crippen LogP contribution is 2.15. The summed E-state index contributed by atoms with van der Waals surface area (Å²) in [4.78, 5) is 14.1. The van der Waals surface area contributed by atoms with Gasteiger partial charge in [-0.3, -0.25) is 4.79 Å². The molecule has 0 saturated carbocycles. The van der Waals surface area contributed by atoms with E-state index < -0.39 is 0 Å². The van der Waals surface area contributed by atoms with Gasteiger partial charge in [0.2, 0.25) is 0 Å². The number of amides is 1. The summed E-state index contributed by atoms with van der Waals surface area (Å²) in [6, 6.07) is 5.63. The van der Waals surface area contributed by atoms with Crippen LogP contribution in [0.25, 0.3) is 0 Å². The standard InChI is InChI=1S/C13H20N2O/c1-5-15(9(2)3)13(16)12-7-6-11(14)8-10(12)4/h6-9H,5,14H2,1-4H3. The van der Waals surface area contributed by atoms with Gasteiger partial charge in [-0.05, 0) is 51.5 Å². The molecule has 1 rings (SSSR count). The number of benzene rings is 1. The zero-order valence-corrected chi connectivity index (χ0v) is 10.4. The van der Waals surface area contributed by atoms with E-state index in [-0.39, 0.29) is 11.9 Å². The van der Waals surface area contributed by atoms with Crippen LogP contribution in [0.2, 0.25) is 0 Å².